The minimum Gasteiger partial charge on any atom is -0.337 e. The molecule has 0 bridgehead atoms. The highest BCUT2D eigenvalue weighted by molar-refractivity contribution is 9.13. The average Bonchev–Trinajstić information content (AvgIpc) is 2.84. The van der Waals surface area contributed by atoms with Gasteiger partial charge in [-0.1, -0.05) is 0 Å². The third-order valence-corrected chi connectivity index (χ3v) is 6.24. The first kappa shape index (κ1) is 12.4. The van der Waals surface area contributed by atoms with E-state index in [1.54, 1.807) is 11.3 Å². The molecule has 0 amide bonds. The number of hydrogen-bond acceptors (Lipinski definition) is 2. The summed E-state index contributed by atoms with van der Waals surface area (Å²) in [4.78, 5) is 9.16. The summed E-state index contributed by atoms with van der Waals surface area (Å²) in [6.07, 6.45) is 0. The summed E-state index contributed by atoms with van der Waals surface area (Å²) >= 11 is 8.68. The molecule has 3 aromatic rings. The number of benzene rings is 1. The maximum Gasteiger partial charge on any atom is 0.148 e. The van der Waals surface area contributed by atoms with E-state index in [1.807, 2.05) is 0 Å². The van der Waals surface area contributed by atoms with Crippen LogP contribution in [0.4, 0.5) is 0 Å². The largest absolute Gasteiger partial charge is 0.337 e. The molecule has 0 saturated carbocycles. The van der Waals surface area contributed by atoms with Gasteiger partial charge in [0, 0.05) is 4.47 Å². The van der Waals surface area contributed by atoms with Crippen molar-refractivity contribution < 1.29 is 0 Å². The number of H-pyrrole nitrogens is 1. The zero-order valence-electron chi connectivity index (χ0n) is 9.84. The molecule has 2 nitrogen and oxygen atoms in total. The van der Waals surface area contributed by atoms with Gasteiger partial charge in [-0.3, -0.25) is 0 Å². The van der Waals surface area contributed by atoms with E-state index >= 15 is 0 Å². The minimum atomic E-state index is 0.923. The molecule has 0 aliphatic carbocycles. The van der Waals surface area contributed by atoms with Crippen LogP contribution in [0, 0.1) is 13.8 Å². The Bertz CT molecular complexity index is 684. The molecule has 2 heterocycles. The normalized spacial score (nSPS) is 11.3. The SMILES string of the molecule is Cc1cc2nc(-c3cc(Br)c(Br)s3)[nH]c2cc1C. The van der Waals surface area contributed by atoms with Gasteiger partial charge >= 0.3 is 0 Å². The second-order valence-electron chi connectivity index (χ2n) is 4.27. The maximum atomic E-state index is 4.65. The van der Waals surface area contributed by atoms with Crippen molar-refractivity contribution in [3.05, 3.63) is 37.6 Å². The van der Waals surface area contributed by atoms with Crippen molar-refractivity contribution in [3.63, 3.8) is 0 Å². The van der Waals surface area contributed by atoms with Crippen LogP contribution in [-0.4, -0.2) is 9.97 Å². The highest BCUT2D eigenvalue weighted by atomic mass is 79.9. The van der Waals surface area contributed by atoms with Crippen LogP contribution in [0.25, 0.3) is 21.7 Å². The van der Waals surface area contributed by atoms with E-state index in [2.05, 4.69) is 73.9 Å². The van der Waals surface area contributed by atoms with E-state index in [1.165, 1.54) is 11.1 Å². The van der Waals surface area contributed by atoms with Crippen LogP contribution < -0.4 is 0 Å². The third-order valence-electron chi connectivity index (χ3n) is 2.98. The number of fused-ring (bicyclic) bond motifs is 1. The number of aromatic amines is 1. The molecule has 1 aromatic carbocycles. The number of aryl methyl sites for hydroxylation is 2. The highest BCUT2D eigenvalue weighted by Gasteiger charge is 2.11. The Morgan fingerprint density at radius 1 is 1.11 bits per heavy atom. The molecule has 18 heavy (non-hydrogen) atoms. The lowest BCUT2D eigenvalue weighted by Gasteiger charge is -1.97. The molecule has 0 atom stereocenters. The van der Waals surface area contributed by atoms with Crippen LogP contribution in [0.3, 0.4) is 0 Å². The van der Waals surface area contributed by atoms with Crippen LogP contribution >= 0.6 is 43.2 Å². The summed E-state index contributed by atoms with van der Waals surface area (Å²) in [7, 11) is 0. The molecule has 5 heteroatoms. The first-order valence-corrected chi connectivity index (χ1v) is 7.87. The van der Waals surface area contributed by atoms with Crippen molar-refractivity contribution >= 4 is 54.2 Å². The van der Waals surface area contributed by atoms with Crippen molar-refractivity contribution in [1.29, 1.82) is 0 Å². The Kier molecular flexibility index (Phi) is 3.08. The first-order valence-electron chi connectivity index (χ1n) is 5.47. The molecule has 0 aliphatic heterocycles. The molecule has 0 aliphatic rings. The summed E-state index contributed by atoms with van der Waals surface area (Å²) in [5.74, 6) is 0.923. The zero-order valence-corrected chi connectivity index (χ0v) is 13.8. The molecule has 0 radical (unpaired) electrons. The van der Waals surface area contributed by atoms with Crippen molar-refractivity contribution in [3.8, 4) is 10.7 Å². The summed E-state index contributed by atoms with van der Waals surface area (Å²) in [6.45, 7) is 4.23. The number of halogens is 2. The molecule has 2 aromatic heterocycles. The first-order chi connectivity index (χ1) is 8.54. The Balaban J connectivity index is 2.19. The Labute approximate surface area is 126 Å². The second-order valence-corrected chi connectivity index (χ2v) is 7.50. The number of rotatable bonds is 1. The number of hydrogen-bond donors (Lipinski definition) is 1. The van der Waals surface area contributed by atoms with Gasteiger partial charge in [-0.2, -0.15) is 0 Å². The molecular weight excluding hydrogens is 376 g/mol. The Morgan fingerprint density at radius 3 is 2.50 bits per heavy atom. The second kappa shape index (κ2) is 4.47. The third kappa shape index (κ3) is 2.04. The van der Waals surface area contributed by atoms with Crippen LogP contribution in [0.15, 0.2) is 26.5 Å². The zero-order chi connectivity index (χ0) is 12.9. The smallest absolute Gasteiger partial charge is 0.148 e. The van der Waals surface area contributed by atoms with Crippen LogP contribution in [-0.2, 0) is 0 Å². The number of aromatic nitrogens is 2. The fourth-order valence-electron chi connectivity index (χ4n) is 1.85. The van der Waals surface area contributed by atoms with Crippen molar-refractivity contribution in [1.82, 2.24) is 9.97 Å². The lowest BCUT2D eigenvalue weighted by Crippen LogP contribution is -1.79. The molecular formula is C13H10Br2N2S. The number of nitrogens with zero attached hydrogens (tertiary/aromatic N) is 1. The summed E-state index contributed by atoms with van der Waals surface area (Å²) in [5, 5.41) is 0. The van der Waals surface area contributed by atoms with Crippen LogP contribution in [0.1, 0.15) is 11.1 Å². The van der Waals surface area contributed by atoms with Crippen LogP contribution in [0.5, 0.6) is 0 Å². The van der Waals surface area contributed by atoms with Crippen molar-refractivity contribution in [2.24, 2.45) is 0 Å². The summed E-state index contributed by atoms with van der Waals surface area (Å²) in [6, 6.07) is 6.35. The lowest BCUT2D eigenvalue weighted by molar-refractivity contribution is 1.35. The van der Waals surface area contributed by atoms with E-state index in [-0.39, 0.29) is 0 Å². The van der Waals surface area contributed by atoms with E-state index in [0.717, 1.165) is 30.0 Å². The van der Waals surface area contributed by atoms with Gasteiger partial charge in [0.05, 0.1) is 19.7 Å². The van der Waals surface area contributed by atoms with E-state index < -0.39 is 0 Å². The minimum absolute atomic E-state index is 0.923. The van der Waals surface area contributed by atoms with E-state index in [4.69, 9.17) is 0 Å². The number of imidazole rings is 1. The molecule has 0 unspecified atom stereocenters. The molecule has 92 valence electrons. The van der Waals surface area contributed by atoms with Gasteiger partial charge in [0.15, 0.2) is 0 Å². The Morgan fingerprint density at radius 2 is 1.83 bits per heavy atom. The number of nitrogens with one attached hydrogen (secondary N) is 1. The monoisotopic (exact) mass is 384 g/mol. The molecule has 0 saturated heterocycles. The standard InChI is InChI=1S/C13H10Br2N2S/c1-6-3-9-10(4-7(6)2)17-13(16-9)11-5-8(14)12(15)18-11/h3-5H,1-2H3,(H,16,17). The highest BCUT2D eigenvalue weighted by Crippen LogP contribution is 2.37. The fraction of sp³-hybridized carbons (Fsp3) is 0.154. The molecule has 0 spiro atoms. The molecule has 3 rings (SSSR count). The molecule has 1 N–H and O–H groups in total. The van der Waals surface area contributed by atoms with Crippen molar-refractivity contribution in [2.45, 2.75) is 13.8 Å². The lowest BCUT2D eigenvalue weighted by atomic mass is 10.1. The van der Waals surface area contributed by atoms with Gasteiger partial charge < -0.3 is 4.98 Å². The van der Waals surface area contributed by atoms with Gasteiger partial charge in [0.2, 0.25) is 0 Å². The quantitative estimate of drug-likeness (QED) is 0.594. The molecule has 0 fully saturated rings. The van der Waals surface area contributed by atoms with E-state index in [0.29, 0.717) is 0 Å². The van der Waals surface area contributed by atoms with Gasteiger partial charge in [-0.25, -0.2) is 4.98 Å². The maximum absolute atomic E-state index is 4.65. The van der Waals surface area contributed by atoms with Gasteiger partial charge in [-0.05, 0) is 75.0 Å². The van der Waals surface area contributed by atoms with Gasteiger partial charge in [0.1, 0.15) is 5.82 Å². The fourth-order valence-corrected chi connectivity index (χ4v) is 3.83. The van der Waals surface area contributed by atoms with Gasteiger partial charge in [-0.15, -0.1) is 11.3 Å². The van der Waals surface area contributed by atoms with Crippen LogP contribution in [0.2, 0.25) is 0 Å². The van der Waals surface area contributed by atoms with Gasteiger partial charge in [0.25, 0.3) is 0 Å². The van der Waals surface area contributed by atoms with E-state index in [9.17, 15) is 0 Å². The predicted octanol–water partition coefficient (Wildman–Crippen LogP) is 5.43. The van der Waals surface area contributed by atoms with Crippen molar-refractivity contribution in [2.75, 3.05) is 0 Å². The number of thiophene rings is 1. The summed E-state index contributed by atoms with van der Waals surface area (Å²) < 4.78 is 2.15. The summed E-state index contributed by atoms with van der Waals surface area (Å²) in [5.41, 5.74) is 4.67. The average molecular weight is 386 g/mol. The topological polar surface area (TPSA) is 28.7 Å². The predicted molar refractivity (Wildman–Crippen MR) is 84.3 cm³/mol. The Hall–Kier alpha value is -0.650.